The van der Waals surface area contributed by atoms with Crippen LogP contribution >= 0.6 is 0 Å². The molecule has 1 nitrogen and oxygen atoms in total. The molecule has 1 heteroatoms. The lowest BCUT2D eigenvalue weighted by Gasteiger charge is -2.38. The molecule has 0 aromatic heterocycles. The monoisotopic (exact) mass is 220 g/mol. The number of ether oxygens (including phenoxy) is 1. The van der Waals surface area contributed by atoms with Crippen molar-refractivity contribution in [2.24, 2.45) is 23.7 Å². The van der Waals surface area contributed by atoms with Crippen molar-refractivity contribution < 1.29 is 4.74 Å². The molecule has 3 aliphatic rings. The van der Waals surface area contributed by atoms with Crippen LogP contribution in [0.2, 0.25) is 0 Å². The molecule has 0 aromatic carbocycles. The lowest BCUT2D eigenvalue weighted by Crippen LogP contribution is -2.37. The topological polar surface area (TPSA) is 9.23 Å². The molecule has 0 spiro atoms. The van der Waals surface area contributed by atoms with E-state index < -0.39 is 0 Å². The zero-order valence-electron chi connectivity index (χ0n) is 10.8. The molecule has 3 rings (SSSR count). The second-order valence-electron chi connectivity index (χ2n) is 6.37. The molecule has 1 heterocycles. The van der Waals surface area contributed by atoms with E-state index in [2.05, 4.69) is 26.8 Å². The van der Waals surface area contributed by atoms with E-state index in [9.17, 15) is 0 Å². The van der Waals surface area contributed by atoms with Gasteiger partial charge in [-0.3, -0.25) is 0 Å². The molecule has 0 radical (unpaired) electrons. The van der Waals surface area contributed by atoms with Gasteiger partial charge in [-0.2, -0.15) is 0 Å². The highest BCUT2D eigenvalue weighted by molar-refractivity contribution is 5.10. The molecule has 2 bridgehead atoms. The predicted molar refractivity (Wildman–Crippen MR) is 66.2 cm³/mol. The second kappa shape index (κ2) is 3.87. The SMILES string of the molecule is CC1=CC(C)OC(C2C3CCC(C3)C2C)C1. The van der Waals surface area contributed by atoms with Crippen molar-refractivity contribution in [2.45, 2.75) is 58.7 Å². The maximum absolute atomic E-state index is 6.19. The van der Waals surface area contributed by atoms with E-state index in [0.29, 0.717) is 12.2 Å². The minimum Gasteiger partial charge on any atom is -0.371 e. The molecule has 2 saturated carbocycles. The minimum atomic E-state index is 0.338. The Morgan fingerprint density at radius 3 is 2.56 bits per heavy atom. The summed E-state index contributed by atoms with van der Waals surface area (Å²) in [4.78, 5) is 0. The van der Waals surface area contributed by atoms with Crippen LogP contribution in [0.3, 0.4) is 0 Å². The summed E-state index contributed by atoms with van der Waals surface area (Å²) in [6, 6.07) is 0. The predicted octanol–water partition coefficient (Wildman–Crippen LogP) is 3.79. The lowest BCUT2D eigenvalue weighted by molar-refractivity contribution is -0.0511. The molecule has 90 valence electrons. The van der Waals surface area contributed by atoms with Crippen LogP contribution in [0.25, 0.3) is 0 Å². The Hall–Kier alpha value is -0.300. The smallest absolute Gasteiger partial charge is 0.0734 e. The van der Waals surface area contributed by atoms with Crippen LogP contribution in [0.4, 0.5) is 0 Å². The van der Waals surface area contributed by atoms with Gasteiger partial charge in [-0.15, -0.1) is 0 Å². The highest BCUT2D eigenvalue weighted by atomic mass is 16.5. The van der Waals surface area contributed by atoms with Crippen LogP contribution in [0.1, 0.15) is 46.5 Å². The number of rotatable bonds is 1. The third kappa shape index (κ3) is 1.64. The summed E-state index contributed by atoms with van der Waals surface area (Å²) in [6.45, 7) is 6.92. The fourth-order valence-corrected chi connectivity index (χ4v) is 4.64. The van der Waals surface area contributed by atoms with Gasteiger partial charge in [0.25, 0.3) is 0 Å². The Kier molecular flexibility index (Phi) is 2.62. The zero-order chi connectivity index (χ0) is 11.3. The van der Waals surface area contributed by atoms with E-state index >= 15 is 0 Å². The Balaban J connectivity index is 1.76. The van der Waals surface area contributed by atoms with Crippen LogP contribution < -0.4 is 0 Å². The van der Waals surface area contributed by atoms with Crippen molar-refractivity contribution in [3.8, 4) is 0 Å². The third-order valence-corrected chi connectivity index (χ3v) is 5.27. The van der Waals surface area contributed by atoms with E-state index in [0.717, 1.165) is 23.7 Å². The van der Waals surface area contributed by atoms with E-state index in [1.807, 2.05) is 0 Å². The highest BCUT2D eigenvalue weighted by Gasteiger charge is 2.49. The van der Waals surface area contributed by atoms with Gasteiger partial charge in [0.2, 0.25) is 0 Å². The quantitative estimate of drug-likeness (QED) is 0.611. The molecule has 6 atom stereocenters. The number of fused-ring (bicyclic) bond motifs is 2. The summed E-state index contributed by atoms with van der Waals surface area (Å²) < 4.78 is 6.19. The molecule has 1 aliphatic heterocycles. The van der Waals surface area contributed by atoms with E-state index in [1.165, 1.54) is 25.7 Å². The van der Waals surface area contributed by atoms with Gasteiger partial charge in [0.05, 0.1) is 12.2 Å². The average molecular weight is 220 g/mol. The first kappa shape index (κ1) is 10.8. The van der Waals surface area contributed by atoms with Gasteiger partial charge in [-0.25, -0.2) is 0 Å². The van der Waals surface area contributed by atoms with Gasteiger partial charge in [0, 0.05) is 0 Å². The van der Waals surface area contributed by atoms with Gasteiger partial charge in [0.1, 0.15) is 0 Å². The Morgan fingerprint density at radius 2 is 1.94 bits per heavy atom. The van der Waals surface area contributed by atoms with Crippen molar-refractivity contribution in [3.05, 3.63) is 11.6 Å². The van der Waals surface area contributed by atoms with Crippen molar-refractivity contribution in [3.63, 3.8) is 0 Å². The first-order valence-corrected chi connectivity index (χ1v) is 6.98. The van der Waals surface area contributed by atoms with E-state index in [-0.39, 0.29) is 0 Å². The fraction of sp³-hybridized carbons (Fsp3) is 0.867. The normalized spacial score (nSPS) is 51.8. The summed E-state index contributed by atoms with van der Waals surface area (Å²) in [7, 11) is 0. The van der Waals surface area contributed by atoms with Crippen LogP contribution in [0.15, 0.2) is 11.6 Å². The van der Waals surface area contributed by atoms with Crippen molar-refractivity contribution in [1.82, 2.24) is 0 Å². The van der Waals surface area contributed by atoms with Gasteiger partial charge in [0.15, 0.2) is 0 Å². The molecular formula is C15H24O. The molecule has 16 heavy (non-hydrogen) atoms. The Labute approximate surface area is 99.3 Å². The largest absolute Gasteiger partial charge is 0.371 e. The summed E-state index contributed by atoms with van der Waals surface area (Å²) in [5.74, 6) is 3.75. The van der Waals surface area contributed by atoms with Crippen LogP contribution in [0.5, 0.6) is 0 Å². The molecule has 0 amide bonds. The first-order valence-electron chi connectivity index (χ1n) is 6.98. The van der Waals surface area contributed by atoms with Crippen LogP contribution in [-0.2, 0) is 4.74 Å². The molecule has 0 N–H and O–H groups in total. The van der Waals surface area contributed by atoms with Gasteiger partial charge in [-0.1, -0.05) is 18.6 Å². The van der Waals surface area contributed by atoms with E-state index in [1.54, 1.807) is 5.57 Å². The van der Waals surface area contributed by atoms with Crippen LogP contribution in [0, 0.1) is 23.7 Å². The number of hydrogen-bond donors (Lipinski definition) is 0. The van der Waals surface area contributed by atoms with Crippen LogP contribution in [-0.4, -0.2) is 12.2 Å². The second-order valence-corrected chi connectivity index (χ2v) is 6.37. The zero-order valence-corrected chi connectivity index (χ0v) is 10.8. The third-order valence-electron chi connectivity index (χ3n) is 5.27. The fourth-order valence-electron chi connectivity index (χ4n) is 4.64. The molecule has 6 unspecified atom stereocenters. The molecule has 0 aromatic rings. The maximum atomic E-state index is 6.19. The van der Waals surface area contributed by atoms with Gasteiger partial charge in [-0.05, 0) is 63.2 Å². The summed E-state index contributed by atoms with van der Waals surface area (Å²) in [5, 5.41) is 0. The van der Waals surface area contributed by atoms with Crippen molar-refractivity contribution >= 4 is 0 Å². The average Bonchev–Trinajstić information content (AvgIpc) is 2.75. The van der Waals surface area contributed by atoms with Crippen molar-refractivity contribution in [2.75, 3.05) is 0 Å². The van der Waals surface area contributed by atoms with E-state index in [4.69, 9.17) is 4.74 Å². The highest BCUT2D eigenvalue weighted by Crippen LogP contribution is 2.54. The maximum Gasteiger partial charge on any atom is 0.0734 e. The summed E-state index contributed by atoms with van der Waals surface area (Å²) >= 11 is 0. The van der Waals surface area contributed by atoms with Gasteiger partial charge >= 0.3 is 0 Å². The summed E-state index contributed by atoms with van der Waals surface area (Å²) in [5.41, 5.74) is 1.54. The lowest BCUT2D eigenvalue weighted by atomic mass is 9.75. The molecule has 2 aliphatic carbocycles. The Bertz CT molecular complexity index is 305. The molecular weight excluding hydrogens is 196 g/mol. The van der Waals surface area contributed by atoms with Gasteiger partial charge < -0.3 is 4.74 Å². The minimum absolute atomic E-state index is 0.338. The number of hydrogen-bond acceptors (Lipinski definition) is 1. The summed E-state index contributed by atoms with van der Waals surface area (Å²) in [6.07, 6.45) is 8.77. The first-order chi connectivity index (χ1) is 7.65. The standard InChI is InChI=1S/C15H24O/c1-9-6-10(2)16-14(7-9)15-11(3)12-4-5-13(15)8-12/h6,10-15H,4-5,7-8H2,1-3H3. The molecule has 2 fully saturated rings. The van der Waals surface area contributed by atoms with Crippen molar-refractivity contribution in [1.29, 1.82) is 0 Å². The Morgan fingerprint density at radius 1 is 1.19 bits per heavy atom. The molecule has 0 saturated heterocycles.